The summed E-state index contributed by atoms with van der Waals surface area (Å²) in [4.78, 5) is 20.7. The molecule has 2 heterocycles. The second kappa shape index (κ2) is 8.16. The molecular weight excluding hydrogens is 380 g/mol. The number of benzene rings is 2. The zero-order valence-corrected chi connectivity index (χ0v) is 15.9. The third-order valence-electron chi connectivity index (χ3n) is 4.99. The average molecular weight is 399 g/mol. The van der Waals surface area contributed by atoms with Gasteiger partial charge >= 0.3 is 0 Å². The molecule has 144 valence electrons. The van der Waals surface area contributed by atoms with E-state index >= 15 is 0 Å². The van der Waals surface area contributed by atoms with Crippen LogP contribution in [0.25, 0.3) is 0 Å². The van der Waals surface area contributed by atoms with Gasteiger partial charge in [0.05, 0.1) is 11.6 Å². The lowest BCUT2D eigenvalue weighted by Gasteiger charge is -2.39. The minimum Gasteiger partial charge on any atom is -0.335 e. The lowest BCUT2D eigenvalue weighted by molar-refractivity contribution is 0.0592. The highest BCUT2D eigenvalue weighted by Crippen LogP contribution is 2.30. The first-order valence-electron chi connectivity index (χ1n) is 9.04. The number of rotatable bonds is 4. The standard InChI is InChI=1S/C21H19F2N3OS/c22-17-5-1-15(2-6-17)20(16-3-7-18(23)8-4-16)25-9-11-26(12-10-25)21(27)19-13-28-14-24-19/h1-8,13-14,20H,9-12H2. The normalized spacial score (nSPS) is 15.2. The predicted octanol–water partition coefficient (Wildman–Crippen LogP) is 3.97. The lowest BCUT2D eigenvalue weighted by Crippen LogP contribution is -2.50. The van der Waals surface area contributed by atoms with Gasteiger partial charge in [-0.2, -0.15) is 0 Å². The molecule has 2 aromatic carbocycles. The number of nitrogens with zero attached hydrogens (tertiary/aromatic N) is 3. The van der Waals surface area contributed by atoms with Gasteiger partial charge in [-0.1, -0.05) is 24.3 Å². The van der Waals surface area contributed by atoms with E-state index in [0.29, 0.717) is 31.9 Å². The topological polar surface area (TPSA) is 36.4 Å². The summed E-state index contributed by atoms with van der Waals surface area (Å²) >= 11 is 1.40. The highest BCUT2D eigenvalue weighted by atomic mass is 32.1. The molecule has 0 unspecified atom stereocenters. The molecule has 1 saturated heterocycles. The number of hydrogen-bond donors (Lipinski definition) is 0. The Hall–Kier alpha value is -2.64. The third kappa shape index (κ3) is 3.95. The Kier molecular flexibility index (Phi) is 5.45. The average Bonchev–Trinajstić information content (AvgIpc) is 3.26. The molecule has 0 aliphatic carbocycles. The van der Waals surface area contributed by atoms with Crippen molar-refractivity contribution in [3.8, 4) is 0 Å². The van der Waals surface area contributed by atoms with E-state index in [-0.39, 0.29) is 23.6 Å². The SMILES string of the molecule is O=C(c1cscn1)N1CCN(C(c2ccc(F)cc2)c2ccc(F)cc2)CC1. The molecule has 4 rings (SSSR count). The molecule has 0 bridgehead atoms. The zero-order valence-electron chi connectivity index (χ0n) is 15.1. The summed E-state index contributed by atoms with van der Waals surface area (Å²) in [5.74, 6) is -0.637. The van der Waals surface area contributed by atoms with Gasteiger partial charge < -0.3 is 4.90 Å². The molecule has 1 fully saturated rings. The minimum atomic E-state index is -0.291. The van der Waals surface area contributed by atoms with E-state index in [2.05, 4.69) is 9.88 Å². The number of carbonyl (C=O) groups is 1. The molecule has 0 N–H and O–H groups in total. The molecule has 0 atom stereocenters. The van der Waals surface area contributed by atoms with Crippen LogP contribution in [-0.4, -0.2) is 46.9 Å². The van der Waals surface area contributed by atoms with Crippen molar-refractivity contribution < 1.29 is 13.6 Å². The monoisotopic (exact) mass is 399 g/mol. The number of piperazine rings is 1. The van der Waals surface area contributed by atoms with Crippen molar-refractivity contribution >= 4 is 17.2 Å². The molecule has 1 aromatic heterocycles. The third-order valence-corrected chi connectivity index (χ3v) is 5.58. The van der Waals surface area contributed by atoms with Crippen LogP contribution in [-0.2, 0) is 0 Å². The fourth-order valence-corrected chi connectivity index (χ4v) is 4.09. The van der Waals surface area contributed by atoms with Gasteiger partial charge in [-0.05, 0) is 35.4 Å². The first kappa shape index (κ1) is 18.7. The van der Waals surface area contributed by atoms with Gasteiger partial charge in [0, 0.05) is 31.6 Å². The van der Waals surface area contributed by atoms with E-state index in [1.54, 1.807) is 40.1 Å². The smallest absolute Gasteiger partial charge is 0.273 e. The summed E-state index contributed by atoms with van der Waals surface area (Å²) in [7, 11) is 0. The Morgan fingerprint density at radius 2 is 1.43 bits per heavy atom. The van der Waals surface area contributed by atoms with Gasteiger partial charge in [-0.25, -0.2) is 13.8 Å². The van der Waals surface area contributed by atoms with Gasteiger partial charge in [-0.3, -0.25) is 9.69 Å². The minimum absolute atomic E-state index is 0.0546. The van der Waals surface area contributed by atoms with Crippen molar-refractivity contribution in [2.45, 2.75) is 6.04 Å². The number of thiazole rings is 1. The Morgan fingerprint density at radius 1 is 0.893 bits per heavy atom. The second-order valence-corrected chi connectivity index (χ2v) is 7.43. The van der Waals surface area contributed by atoms with E-state index in [1.165, 1.54) is 35.6 Å². The maximum absolute atomic E-state index is 13.4. The Labute approximate surface area is 166 Å². The van der Waals surface area contributed by atoms with Crippen LogP contribution in [0.4, 0.5) is 8.78 Å². The highest BCUT2D eigenvalue weighted by Gasteiger charge is 2.29. The van der Waals surface area contributed by atoms with Crippen LogP contribution >= 0.6 is 11.3 Å². The van der Waals surface area contributed by atoms with E-state index in [1.807, 2.05) is 0 Å². The Balaban J connectivity index is 1.55. The number of carbonyl (C=O) groups excluding carboxylic acids is 1. The largest absolute Gasteiger partial charge is 0.335 e. The summed E-state index contributed by atoms with van der Waals surface area (Å²) in [5.41, 5.74) is 4.01. The van der Waals surface area contributed by atoms with E-state index in [9.17, 15) is 13.6 Å². The summed E-state index contributed by atoms with van der Waals surface area (Å²) in [6.45, 7) is 2.48. The van der Waals surface area contributed by atoms with Crippen LogP contribution in [0.5, 0.6) is 0 Å². The highest BCUT2D eigenvalue weighted by molar-refractivity contribution is 7.07. The molecule has 0 spiro atoms. The molecule has 0 radical (unpaired) electrons. The fourth-order valence-electron chi connectivity index (χ4n) is 3.57. The number of amides is 1. The lowest BCUT2D eigenvalue weighted by atomic mass is 9.96. The van der Waals surface area contributed by atoms with E-state index < -0.39 is 0 Å². The van der Waals surface area contributed by atoms with Crippen LogP contribution < -0.4 is 0 Å². The van der Waals surface area contributed by atoms with Crippen molar-refractivity contribution in [1.29, 1.82) is 0 Å². The zero-order chi connectivity index (χ0) is 19.5. The van der Waals surface area contributed by atoms with Gasteiger partial charge in [0.1, 0.15) is 17.3 Å². The number of halogens is 2. The van der Waals surface area contributed by atoms with Crippen LogP contribution in [0, 0.1) is 11.6 Å². The first-order valence-corrected chi connectivity index (χ1v) is 9.98. The first-order chi connectivity index (χ1) is 13.6. The van der Waals surface area contributed by atoms with Crippen LogP contribution in [0.1, 0.15) is 27.7 Å². The molecule has 7 heteroatoms. The predicted molar refractivity (Wildman–Crippen MR) is 104 cm³/mol. The molecule has 0 saturated carbocycles. The molecule has 1 aliphatic heterocycles. The quantitative estimate of drug-likeness (QED) is 0.666. The second-order valence-electron chi connectivity index (χ2n) is 6.71. The summed E-state index contributed by atoms with van der Waals surface area (Å²) < 4.78 is 26.8. The summed E-state index contributed by atoms with van der Waals surface area (Å²) in [6, 6.07) is 12.7. The van der Waals surface area contributed by atoms with Gasteiger partial charge in [0.15, 0.2) is 0 Å². The van der Waals surface area contributed by atoms with Crippen LogP contribution in [0.2, 0.25) is 0 Å². The summed E-state index contributed by atoms with van der Waals surface area (Å²) in [6.07, 6.45) is 0. The van der Waals surface area contributed by atoms with Crippen molar-refractivity contribution in [2.24, 2.45) is 0 Å². The molecule has 1 amide bonds. The van der Waals surface area contributed by atoms with Gasteiger partial charge in [0.2, 0.25) is 0 Å². The number of aromatic nitrogens is 1. The van der Waals surface area contributed by atoms with Crippen LogP contribution in [0.3, 0.4) is 0 Å². The Bertz CT molecular complexity index is 876. The van der Waals surface area contributed by atoms with Gasteiger partial charge in [0.25, 0.3) is 5.91 Å². The number of hydrogen-bond acceptors (Lipinski definition) is 4. The summed E-state index contributed by atoms with van der Waals surface area (Å²) in [5, 5.41) is 1.76. The molecular formula is C21H19F2N3OS. The van der Waals surface area contributed by atoms with E-state index in [0.717, 1.165) is 11.1 Å². The maximum atomic E-state index is 13.4. The maximum Gasteiger partial charge on any atom is 0.273 e. The molecule has 3 aromatic rings. The van der Waals surface area contributed by atoms with Crippen LogP contribution in [0.15, 0.2) is 59.4 Å². The van der Waals surface area contributed by atoms with E-state index in [4.69, 9.17) is 0 Å². The molecule has 4 nitrogen and oxygen atoms in total. The van der Waals surface area contributed by atoms with Crippen molar-refractivity contribution in [3.05, 3.63) is 87.9 Å². The fraction of sp³-hybridized carbons (Fsp3) is 0.238. The van der Waals surface area contributed by atoms with Crippen molar-refractivity contribution in [3.63, 3.8) is 0 Å². The van der Waals surface area contributed by atoms with Gasteiger partial charge in [-0.15, -0.1) is 11.3 Å². The van der Waals surface area contributed by atoms with Crippen molar-refractivity contribution in [2.75, 3.05) is 26.2 Å². The van der Waals surface area contributed by atoms with Crippen molar-refractivity contribution in [1.82, 2.24) is 14.8 Å². The molecule has 28 heavy (non-hydrogen) atoms. The molecule has 1 aliphatic rings. The Morgan fingerprint density at radius 3 is 1.89 bits per heavy atom.